The summed E-state index contributed by atoms with van der Waals surface area (Å²) in [6, 6.07) is 0. The predicted molar refractivity (Wildman–Crippen MR) is 83.1 cm³/mol. The van der Waals surface area contributed by atoms with E-state index in [0.29, 0.717) is 12.8 Å². The predicted octanol–water partition coefficient (Wildman–Crippen LogP) is 3.37. The van der Waals surface area contributed by atoms with Crippen LogP contribution in [0.3, 0.4) is 0 Å². The molecule has 0 unspecified atom stereocenters. The molecule has 1 aliphatic rings. The van der Waals surface area contributed by atoms with Gasteiger partial charge in [-0.2, -0.15) is 0 Å². The lowest BCUT2D eigenvalue weighted by atomic mass is 9.96. The van der Waals surface area contributed by atoms with Crippen molar-refractivity contribution in [3.8, 4) is 0 Å². The van der Waals surface area contributed by atoms with Crippen molar-refractivity contribution in [2.24, 2.45) is 0 Å². The summed E-state index contributed by atoms with van der Waals surface area (Å²) in [5.41, 5.74) is 1.11. The maximum atomic E-state index is 11.5. The normalized spacial score (nSPS) is 21.6. The molecule has 3 atom stereocenters. The van der Waals surface area contributed by atoms with Crippen LogP contribution in [-0.2, 0) is 14.3 Å². The van der Waals surface area contributed by atoms with E-state index in [1.165, 1.54) is 12.8 Å². The maximum absolute atomic E-state index is 11.5. The number of esters is 1. The second-order valence-corrected chi connectivity index (χ2v) is 5.90. The van der Waals surface area contributed by atoms with Gasteiger partial charge in [-0.1, -0.05) is 38.7 Å². The first kappa shape index (κ1) is 18.2. The van der Waals surface area contributed by atoms with Crippen LogP contribution in [0.25, 0.3) is 0 Å². The molecule has 0 aromatic heterocycles. The van der Waals surface area contributed by atoms with Gasteiger partial charge in [-0.15, -0.1) is 0 Å². The van der Waals surface area contributed by atoms with Crippen molar-refractivity contribution in [3.63, 3.8) is 0 Å². The third kappa shape index (κ3) is 7.09. The molecule has 0 saturated heterocycles. The van der Waals surface area contributed by atoms with Crippen LogP contribution in [0.15, 0.2) is 11.6 Å². The lowest BCUT2D eigenvalue weighted by molar-refractivity contribution is -0.146. The Hall–Kier alpha value is -0.870. The number of carbonyl (C=O) groups is 1. The van der Waals surface area contributed by atoms with Crippen molar-refractivity contribution in [1.29, 1.82) is 0 Å². The van der Waals surface area contributed by atoms with Gasteiger partial charge < -0.3 is 14.6 Å². The van der Waals surface area contributed by atoms with Crippen molar-refractivity contribution >= 4 is 5.97 Å². The molecular formula is C17H30O4. The Morgan fingerprint density at radius 1 is 1.43 bits per heavy atom. The summed E-state index contributed by atoms with van der Waals surface area (Å²) in [5, 5.41) is 10.2. The van der Waals surface area contributed by atoms with Gasteiger partial charge in [0, 0.05) is 26.0 Å². The Kier molecular flexibility index (Phi) is 8.62. The van der Waals surface area contributed by atoms with E-state index in [0.717, 1.165) is 31.3 Å². The topological polar surface area (TPSA) is 55.8 Å². The molecule has 1 N–H and O–H groups in total. The molecule has 0 bridgehead atoms. The average Bonchev–Trinajstić information content (AvgIpc) is 2.45. The van der Waals surface area contributed by atoms with Gasteiger partial charge in [-0.25, -0.2) is 4.79 Å². The number of hydrogen-bond donors (Lipinski definition) is 1. The van der Waals surface area contributed by atoms with Crippen LogP contribution in [0.2, 0.25) is 0 Å². The molecule has 122 valence electrons. The second-order valence-electron chi connectivity index (χ2n) is 5.90. The molecule has 4 nitrogen and oxygen atoms in total. The summed E-state index contributed by atoms with van der Waals surface area (Å²) in [4.78, 5) is 11.5. The smallest absolute Gasteiger partial charge is 0.330 e. The van der Waals surface area contributed by atoms with E-state index < -0.39 is 6.10 Å². The minimum Gasteiger partial charge on any atom is -0.459 e. The zero-order valence-electron chi connectivity index (χ0n) is 13.6. The number of unbranched alkanes of at least 4 members (excludes halogenated alkanes) is 2. The Balaban J connectivity index is 2.36. The zero-order chi connectivity index (χ0) is 15.7. The molecule has 0 aliphatic carbocycles. The van der Waals surface area contributed by atoms with Gasteiger partial charge in [0.2, 0.25) is 0 Å². The number of aliphatic hydroxyl groups is 1. The highest BCUT2D eigenvalue weighted by molar-refractivity contribution is 5.83. The SMILES string of the molecule is CCCCC[C@H](C[C@H](O)C[C@H]1CC(CC)=CC(=O)O1)OC. The molecule has 0 fully saturated rings. The van der Waals surface area contributed by atoms with Gasteiger partial charge in [0.1, 0.15) is 6.10 Å². The molecule has 1 aliphatic heterocycles. The highest BCUT2D eigenvalue weighted by atomic mass is 16.5. The quantitative estimate of drug-likeness (QED) is 0.496. The van der Waals surface area contributed by atoms with Gasteiger partial charge in [0.05, 0.1) is 12.2 Å². The Bertz CT molecular complexity index is 338. The second kappa shape index (κ2) is 9.96. The maximum Gasteiger partial charge on any atom is 0.330 e. The van der Waals surface area contributed by atoms with Gasteiger partial charge in [-0.3, -0.25) is 0 Å². The van der Waals surface area contributed by atoms with Crippen LogP contribution in [0.1, 0.15) is 65.2 Å². The van der Waals surface area contributed by atoms with Crippen molar-refractivity contribution in [2.75, 3.05) is 7.11 Å². The molecule has 0 aromatic carbocycles. The first-order valence-electron chi connectivity index (χ1n) is 8.19. The van der Waals surface area contributed by atoms with E-state index in [4.69, 9.17) is 9.47 Å². The number of methoxy groups -OCH3 is 1. The number of aliphatic hydroxyl groups excluding tert-OH is 1. The van der Waals surface area contributed by atoms with Gasteiger partial charge in [0.15, 0.2) is 0 Å². The van der Waals surface area contributed by atoms with Crippen LogP contribution in [-0.4, -0.2) is 36.5 Å². The fourth-order valence-corrected chi connectivity index (χ4v) is 2.79. The minimum absolute atomic E-state index is 0.0898. The number of carbonyl (C=O) groups excluding carboxylic acids is 1. The Morgan fingerprint density at radius 2 is 2.19 bits per heavy atom. The van der Waals surface area contributed by atoms with Crippen molar-refractivity contribution in [3.05, 3.63) is 11.6 Å². The lowest BCUT2D eigenvalue weighted by Gasteiger charge is -2.26. The summed E-state index contributed by atoms with van der Waals surface area (Å²) in [5.74, 6) is -0.276. The number of ether oxygens (including phenoxy) is 2. The molecule has 0 amide bonds. The first-order valence-corrected chi connectivity index (χ1v) is 8.19. The molecule has 1 heterocycles. The minimum atomic E-state index is -0.481. The number of rotatable bonds is 10. The Labute approximate surface area is 128 Å². The van der Waals surface area contributed by atoms with E-state index in [1.807, 2.05) is 6.92 Å². The van der Waals surface area contributed by atoms with Crippen LogP contribution < -0.4 is 0 Å². The molecular weight excluding hydrogens is 268 g/mol. The standard InChI is InChI=1S/C17H30O4/c1-4-6-7-8-15(20-3)11-14(18)12-16-9-13(5-2)10-17(19)21-16/h10,14-16,18H,4-9,11-12H2,1-3H3/t14-,15+,16+/m0/s1. The summed E-state index contributed by atoms with van der Waals surface area (Å²) in [6.07, 6.45) is 8.19. The third-order valence-corrected chi connectivity index (χ3v) is 4.08. The van der Waals surface area contributed by atoms with E-state index >= 15 is 0 Å². The highest BCUT2D eigenvalue weighted by Gasteiger charge is 2.24. The fraction of sp³-hybridized carbons (Fsp3) is 0.824. The van der Waals surface area contributed by atoms with Gasteiger partial charge in [0.25, 0.3) is 0 Å². The number of cyclic esters (lactones) is 1. The van der Waals surface area contributed by atoms with E-state index in [-0.39, 0.29) is 18.2 Å². The van der Waals surface area contributed by atoms with Crippen molar-refractivity contribution in [2.45, 2.75) is 83.5 Å². The third-order valence-electron chi connectivity index (χ3n) is 4.08. The van der Waals surface area contributed by atoms with E-state index in [9.17, 15) is 9.90 Å². The Morgan fingerprint density at radius 3 is 2.81 bits per heavy atom. The average molecular weight is 298 g/mol. The van der Waals surface area contributed by atoms with Crippen LogP contribution >= 0.6 is 0 Å². The van der Waals surface area contributed by atoms with Crippen molar-refractivity contribution < 1.29 is 19.4 Å². The van der Waals surface area contributed by atoms with Crippen LogP contribution in [0, 0.1) is 0 Å². The van der Waals surface area contributed by atoms with Crippen LogP contribution in [0.5, 0.6) is 0 Å². The monoisotopic (exact) mass is 298 g/mol. The fourth-order valence-electron chi connectivity index (χ4n) is 2.79. The summed E-state index contributed by atoms with van der Waals surface area (Å²) < 4.78 is 10.7. The summed E-state index contributed by atoms with van der Waals surface area (Å²) in [6.45, 7) is 4.21. The largest absolute Gasteiger partial charge is 0.459 e. The molecule has 0 spiro atoms. The van der Waals surface area contributed by atoms with Crippen LogP contribution in [0.4, 0.5) is 0 Å². The molecule has 0 radical (unpaired) electrons. The molecule has 0 aromatic rings. The lowest BCUT2D eigenvalue weighted by Crippen LogP contribution is -2.29. The van der Waals surface area contributed by atoms with Gasteiger partial charge >= 0.3 is 5.97 Å². The summed E-state index contributed by atoms with van der Waals surface area (Å²) >= 11 is 0. The molecule has 4 heteroatoms. The van der Waals surface area contributed by atoms with Gasteiger partial charge in [-0.05, 0) is 19.3 Å². The molecule has 1 rings (SSSR count). The van der Waals surface area contributed by atoms with Crippen molar-refractivity contribution in [1.82, 2.24) is 0 Å². The zero-order valence-corrected chi connectivity index (χ0v) is 13.6. The van der Waals surface area contributed by atoms with E-state index in [1.54, 1.807) is 13.2 Å². The molecule has 0 saturated carbocycles. The number of hydrogen-bond acceptors (Lipinski definition) is 4. The first-order chi connectivity index (χ1) is 10.1. The highest BCUT2D eigenvalue weighted by Crippen LogP contribution is 2.23. The summed E-state index contributed by atoms with van der Waals surface area (Å²) in [7, 11) is 1.70. The molecule has 21 heavy (non-hydrogen) atoms. The van der Waals surface area contributed by atoms with E-state index in [2.05, 4.69) is 6.92 Å².